The number of halogens is 1. The van der Waals surface area contributed by atoms with Gasteiger partial charge in [0, 0.05) is 26.8 Å². The Hall–Kier alpha value is -2.00. The van der Waals surface area contributed by atoms with E-state index in [0.29, 0.717) is 16.6 Å². The Morgan fingerprint density at radius 1 is 1.22 bits per heavy atom. The molecule has 0 aliphatic heterocycles. The average Bonchev–Trinajstić information content (AvgIpc) is 3.04. The molecular formula is C16H12IN3O2S. The SMILES string of the molecule is COc1ccc(C(=O)Nc2nc(-c3ccc(I)cc3)cs2)cn1. The van der Waals surface area contributed by atoms with Gasteiger partial charge in [-0.15, -0.1) is 11.3 Å². The van der Waals surface area contributed by atoms with E-state index >= 15 is 0 Å². The van der Waals surface area contributed by atoms with Crippen LogP contribution in [0.15, 0.2) is 48.0 Å². The van der Waals surface area contributed by atoms with E-state index in [1.165, 1.54) is 28.2 Å². The van der Waals surface area contributed by atoms with Crippen LogP contribution in [0.25, 0.3) is 11.3 Å². The number of hydrogen-bond acceptors (Lipinski definition) is 5. The Labute approximate surface area is 150 Å². The van der Waals surface area contributed by atoms with Gasteiger partial charge in [-0.2, -0.15) is 0 Å². The number of anilines is 1. The maximum Gasteiger partial charge on any atom is 0.259 e. The molecule has 0 atom stereocenters. The maximum absolute atomic E-state index is 12.2. The van der Waals surface area contributed by atoms with Crippen molar-refractivity contribution in [2.45, 2.75) is 0 Å². The highest BCUT2D eigenvalue weighted by molar-refractivity contribution is 14.1. The van der Waals surface area contributed by atoms with Crippen molar-refractivity contribution in [3.05, 3.63) is 57.1 Å². The number of hydrogen-bond donors (Lipinski definition) is 1. The minimum atomic E-state index is -0.247. The van der Waals surface area contributed by atoms with Crippen LogP contribution in [-0.2, 0) is 0 Å². The van der Waals surface area contributed by atoms with Crippen molar-refractivity contribution in [3.8, 4) is 17.1 Å². The summed E-state index contributed by atoms with van der Waals surface area (Å²) in [5, 5.41) is 5.26. The number of nitrogens with zero attached hydrogens (tertiary/aromatic N) is 2. The molecular weight excluding hydrogens is 425 g/mol. The minimum absolute atomic E-state index is 0.247. The summed E-state index contributed by atoms with van der Waals surface area (Å²) in [7, 11) is 1.53. The largest absolute Gasteiger partial charge is 0.481 e. The van der Waals surface area contributed by atoms with Crippen LogP contribution in [0.4, 0.5) is 5.13 Å². The molecule has 2 heterocycles. The van der Waals surface area contributed by atoms with E-state index in [-0.39, 0.29) is 5.91 Å². The molecule has 3 rings (SSSR count). The number of rotatable bonds is 4. The minimum Gasteiger partial charge on any atom is -0.481 e. The van der Waals surface area contributed by atoms with Crippen molar-refractivity contribution in [2.24, 2.45) is 0 Å². The van der Waals surface area contributed by atoms with E-state index < -0.39 is 0 Å². The molecule has 1 amide bonds. The van der Waals surface area contributed by atoms with Gasteiger partial charge in [-0.3, -0.25) is 10.1 Å². The van der Waals surface area contributed by atoms with E-state index in [4.69, 9.17) is 4.74 Å². The summed E-state index contributed by atoms with van der Waals surface area (Å²) in [6.45, 7) is 0. The molecule has 7 heteroatoms. The molecule has 23 heavy (non-hydrogen) atoms. The topological polar surface area (TPSA) is 64.1 Å². The second-order valence-corrected chi connectivity index (χ2v) is 6.69. The highest BCUT2D eigenvalue weighted by Gasteiger charge is 2.10. The van der Waals surface area contributed by atoms with E-state index in [9.17, 15) is 4.79 Å². The second-order valence-electron chi connectivity index (χ2n) is 4.59. The second kappa shape index (κ2) is 7.05. The molecule has 0 aliphatic rings. The highest BCUT2D eigenvalue weighted by atomic mass is 127. The first kappa shape index (κ1) is 15.9. The fourth-order valence-corrected chi connectivity index (χ4v) is 2.96. The summed E-state index contributed by atoms with van der Waals surface area (Å²) in [6, 6.07) is 11.4. The fraction of sp³-hybridized carbons (Fsp3) is 0.0625. The fourth-order valence-electron chi connectivity index (χ4n) is 1.89. The normalized spacial score (nSPS) is 10.3. The first-order chi connectivity index (χ1) is 11.2. The molecule has 0 unspecified atom stereocenters. The van der Waals surface area contributed by atoms with Crippen LogP contribution in [0.1, 0.15) is 10.4 Å². The monoisotopic (exact) mass is 437 g/mol. The van der Waals surface area contributed by atoms with Gasteiger partial charge in [-0.25, -0.2) is 9.97 Å². The number of methoxy groups -OCH3 is 1. The van der Waals surface area contributed by atoms with Crippen LogP contribution in [0, 0.1) is 3.57 Å². The van der Waals surface area contributed by atoms with E-state index in [0.717, 1.165) is 11.3 Å². The molecule has 0 bridgehead atoms. The van der Waals surface area contributed by atoms with E-state index in [1.54, 1.807) is 12.1 Å². The molecule has 1 aromatic carbocycles. The zero-order chi connectivity index (χ0) is 16.2. The maximum atomic E-state index is 12.2. The number of carbonyl (C=O) groups is 1. The van der Waals surface area contributed by atoms with Gasteiger partial charge in [0.25, 0.3) is 5.91 Å². The van der Waals surface area contributed by atoms with Crippen LogP contribution < -0.4 is 10.1 Å². The molecule has 0 fully saturated rings. The summed E-state index contributed by atoms with van der Waals surface area (Å²) in [5.74, 6) is 0.223. The number of aromatic nitrogens is 2. The lowest BCUT2D eigenvalue weighted by molar-refractivity contribution is 0.102. The van der Waals surface area contributed by atoms with Gasteiger partial charge in [-0.1, -0.05) is 12.1 Å². The van der Waals surface area contributed by atoms with Gasteiger partial charge in [0.15, 0.2) is 5.13 Å². The van der Waals surface area contributed by atoms with Gasteiger partial charge in [0.2, 0.25) is 5.88 Å². The predicted octanol–water partition coefficient (Wildman–Crippen LogP) is 4.07. The van der Waals surface area contributed by atoms with Crippen LogP contribution in [0.5, 0.6) is 5.88 Å². The molecule has 5 nitrogen and oxygen atoms in total. The van der Waals surface area contributed by atoms with E-state index in [1.807, 2.05) is 29.6 Å². The highest BCUT2D eigenvalue weighted by Crippen LogP contribution is 2.25. The smallest absolute Gasteiger partial charge is 0.259 e. The van der Waals surface area contributed by atoms with Crippen LogP contribution in [0.3, 0.4) is 0 Å². The van der Waals surface area contributed by atoms with Gasteiger partial charge in [-0.05, 0) is 40.8 Å². The third kappa shape index (κ3) is 3.85. The number of benzene rings is 1. The van der Waals surface area contributed by atoms with Gasteiger partial charge in [0.05, 0.1) is 18.4 Å². The molecule has 1 N–H and O–H groups in total. The van der Waals surface area contributed by atoms with Crippen LogP contribution in [0.2, 0.25) is 0 Å². The summed E-state index contributed by atoms with van der Waals surface area (Å²) in [6.07, 6.45) is 1.47. The lowest BCUT2D eigenvalue weighted by Gasteiger charge is -2.02. The number of ether oxygens (including phenoxy) is 1. The van der Waals surface area contributed by atoms with Crippen molar-refractivity contribution in [1.29, 1.82) is 0 Å². The zero-order valence-corrected chi connectivity index (χ0v) is 15.1. The number of thiazole rings is 1. The molecule has 0 spiro atoms. The quantitative estimate of drug-likeness (QED) is 0.626. The van der Waals surface area contributed by atoms with Crippen molar-refractivity contribution >= 4 is 45.0 Å². The molecule has 2 aromatic heterocycles. The average molecular weight is 437 g/mol. The molecule has 3 aromatic rings. The van der Waals surface area contributed by atoms with Crippen molar-refractivity contribution in [2.75, 3.05) is 12.4 Å². The number of carbonyl (C=O) groups excluding carboxylic acids is 1. The van der Waals surface area contributed by atoms with Gasteiger partial charge < -0.3 is 4.74 Å². The lowest BCUT2D eigenvalue weighted by Crippen LogP contribution is -2.12. The molecule has 0 saturated heterocycles. The number of nitrogens with one attached hydrogen (secondary N) is 1. The van der Waals surface area contributed by atoms with Gasteiger partial charge in [0.1, 0.15) is 0 Å². The third-order valence-electron chi connectivity index (χ3n) is 3.07. The Bertz CT molecular complexity index is 816. The molecule has 0 radical (unpaired) electrons. The number of amides is 1. The van der Waals surface area contributed by atoms with Crippen LogP contribution >= 0.6 is 33.9 Å². The lowest BCUT2D eigenvalue weighted by atomic mass is 10.2. The van der Waals surface area contributed by atoms with Crippen molar-refractivity contribution in [1.82, 2.24) is 9.97 Å². The molecule has 0 aliphatic carbocycles. The molecule has 0 saturated carbocycles. The Kier molecular flexibility index (Phi) is 4.87. The Balaban J connectivity index is 1.73. The van der Waals surface area contributed by atoms with Crippen LogP contribution in [-0.4, -0.2) is 23.0 Å². The standard InChI is InChI=1S/C16H12IN3O2S/c1-22-14-7-4-11(8-18-14)15(21)20-16-19-13(9-23-16)10-2-5-12(17)6-3-10/h2-9H,1H3,(H,19,20,21). The zero-order valence-electron chi connectivity index (χ0n) is 12.1. The third-order valence-corrected chi connectivity index (χ3v) is 4.55. The predicted molar refractivity (Wildman–Crippen MR) is 99.0 cm³/mol. The molecule has 116 valence electrons. The summed E-state index contributed by atoms with van der Waals surface area (Å²) >= 11 is 3.65. The summed E-state index contributed by atoms with van der Waals surface area (Å²) in [4.78, 5) is 20.6. The number of pyridine rings is 1. The summed E-state index contributed by atoms with van der Waals surface area (Å²) in [5.41, 5.74) is 2.32. The Morgan fingerprint density at radius 2 is 2.00 bits per heavy atom. The van der Waals surface area contributed by atoms with Crippen molar-refractivity contribution in [3.63, 3.8) is 0 Å². The first-order valence-corrected chi connectivity index (χ1v) is 8.64. The first-order valence-electron chi connectivity index (χ1n) is 6.68. The van der Waals surface area contributed by atoms with E-state index in [2.05, 4.69) is 37.9 Å². The Morgan fingerprint density at radius 3 is 2.65 bits per heavy atom. The van der Waals surface area contributed by atoms with Crippen molar-refractivity contribution < 1.29 is 9.53 Å². The summed E-state index contributed by atoms with van der Waals surface area (Å²) < 4.78 is 6.14. The van der Waals surface area contributed by atoms with Gasteiger partial charge >= 0.3 is 0 Å².